The van der Waals surface area contributed by atoms with Crippen LogP contribution >= 0.6 is 34.5 Å². The first-order chi connectivity index (χ1) is 15.4. The summed E-state index contributed by atoms with van der Waals surface area (Å²) < 4.78 is 5.30. The normalized spacial score (nSPS) is 15.5. The number of anilines is 2. The lowest BCUT2D eigenvalue weighted by Crippen LogP contribution is -2.34. The molecule has 4 rings (SSSR count). The van der Waals surface area contributed by atoms with Crippen molar-refractivity contribution in [2.75, 3.05) is 24.3 Å². The Labute approximate surface area is 198 Å². The van der Waals surface area contributed by atoms with E-state index in [9.17, 15) is 9.59 Å². The number of nitrogens with zero attached hydrogens (tertiary/aromatic N) is 3. The van der Waals surface area contributed by atoms with Crippen molar-refractivity contribution in [2.24, 2.45) is 0 Å². The van der Waals surface area contributed by atoms with Gasteiger partial charge >= 0.3 is 6.03 Å². The summed E-state index contributed by atoms with van der Waals surface area (Å²) in [7, 11) is 1.52. The third kappa shape index (κ3) is 4.95. The molecule has 0 radical (unpaired) electrons. The van der Waals surface area contributed by atoms with Gasteiger partial charge in [-0.05, 0) is 55.3 Å². The number of likely N-dealkylation sites (tertiary alicyclic amines) is 1. The molecule has 0 unspecified atom stereocenters. The van der Waals surface area contributed by atoms with E-state index >= 15 is 0 Å². The van der Waals surface area contributed by atoms with Crippen molar-refractivity contribution in [1.82, 2.24) is 15.1 Å². The van der Waals surface area contributed by atoms with Crippen LogP contribution in [0.3, 0.4) is 0 Å². The average molecular weight is 492 g/mol. The van der Waals surface area contributed by atoms with Crippen LogP contribution < -0.4 is 15.4 Å². The monoisotopic (exact) mass is 491 g/mol. The van der Waals surface area contributed by atoms with Crippen LogP contribution in [-0.4, -0.2) is 40.7 Å². The Morgan fingerprint density at radius 1 is 1.09 bits per heavy atom. The molecule has 3 amide bonds. The molecule has 1 aromatic heterocycles. The zero-order valence-corrected chi connectivity index (χ0v) is 19.3. The Morgan fingerprint density at radius 2 is 1.84 bits per heavy atom. The predicted octanol–water partition coefficient (Wildman–Crippen LogP) is 5.47. The molecule has 1 atom stereocenters. The molecular formula is C21H19Cl2N5O3S. The summed E-state index contributed by atoms with van der Waals surface area (Å²) >= 11 is 13.1. The topological polar surface area (TPSA) is 96.4 Å². The summed E-state index contributed by atoms with van der Waals surface area (Å²) in [6, 6.07) is 11.2. The van der Waals surface area contributed by atoms with Gasteiger partial charge in [-0.15, -0.1) is 10.2 Å². The molecule has 8 nitrogen and oxygen atoms in total. The van der Waals surface area contributed by atoms with Crippen molar-refractivity contribution in [3.8, 4) is 5.75 Å². The molecule has 0 saturated carbocycles. The molecule has 1 saturated heterocycles. The van der Waals surface area contributed by atoms with Crippen LogP contribution in [-0.2, 0) is 0 Å². The van der Waals surface area contributed by atoms with Crippen molar-refractivity contribution in [1.29, 1.82) is 0 Å². The number of benzene rings is 2. The van der Waals surface area contributed by atoms with Crippen molar-refractivity contribution in [3.05, 3.63) is 62.5 Å². The van der Waals surface area contributed by atoms with E-state index in [-0.39, 0.29) is 23.0 Å². The van der Waals surface area contributed by atoms with Crippen LogP contribution in [0.15, 0.2) is 42.5 Å². The number of halogens is 2. The summed E-state index contributed by atoms with van der Waals surface area (Å²) in [5.41, 5.74) is 1.09. The number of amides is 3. The Kier molecular flexibility index (Phi) is 6.78. The number of nitrogens with one attached hydrogen (secondary N) is 2. The number of carbonyl (C=O) groups excluding carboxylic acids is 2. The summed E-state index contributed by atoms with van der Waals surface area (Å²) in [6.45, 7) is 0.561. The lowest BCUT2D eigenvalue weighted by Gasteiger charge is -2.23. The molecular weight excluding hydrogens is 473 g/mol. The van der Waals surface area contributed by atoms with Gasteiger partial charge in [0.2, 0.25) is 5.01 Å². The van der Waals surface area contributed by atoms with Gasteiger partial charge < -0.3 is 20.3 Å². The molecule has 2 heterocycles. The highest BCUT2D eigenvalue weighted by Gasteiger charge is 2.33. The molecule has 1 aliphatic heterocycles. The van der Waals surface area contributed by atoms with Crippen molar-refractivity contribution < 1.29 is 14.3 Å². The van der Waals surface area contributed by atoms with E-state index in [1.165, 1.54) is 18.4 Å². The minimum atomic E-state index is -0.367. The van der Waals surface area contributed by atoms with Crippen LogP contribution in [0.2, 0.25) is 10.0 Å². The maximum absolute atomic E-state index is 13.0. The van der Waals surface area contributed by atoms with E-state index in [2.05, 4.69) is 20.8 Å². The standard InChI is InChI=1S/C21H19Cl2N5O3S/c1-31-17-9-6-13(23)11-15(17)25-21(30)28-10-2-3-16(28)19-26-27-20(32-19)18(29)24-14-7-4-12(22)5-8-14/h4-9,11,16H,2-3,10H2,1H3,(H,24,29)(H,25,30)/t16-/m1/s1. The van der Waals surface area contributed by atoms with Crippen LogP contribution in [0.1, 0.15) is 33.7 Å². The summed E-state index contributed by atoms with van der Waals surface area (Å²) in [5.74, 6) is 0.143. The first-order valence-electron chi connectivity index (χ1n) is 9.76. The molecule has 0 bridgehead atoms. The van der Waals surface area contributed by atoms with E-state index in [1.54, 1.807) is 47.4 Å². The minimum absolute atomic E-state index is 0.221. The lowest BCUT2D eigenvalue weighted by molar-refractivity contribution is 0.102. The molecule has 0 spiro atoms. The fourth-order valence-corrected chi connectivity index (χ4v) is 4.59. The smallest absolute Gasteiger partial charge is 0.322 e. The number of rotatable bonds is 5. The van der Waals surface area contributed by atoms with Gasteiger partial charge in [0, 0.05) is 22.3 Å². The van der Waals surface area contributed by atoms with Crippen molar-refractivity contribution in [2.45, 2.75) is 18.9 Å². The van der Waals surface area contributed by atoms with Gasteiger partial charge in [0.25, 0.3) is 5.91 Å². The van der Waals surface area contributed by atoms with E-state index in [0.717, 1.165) is 12.8 Å². The maximum Gasteiger partial charge on any atom is 0.322 e. The van der Waals surface area contributed by atoms with Crippen LogP contribution in [0, 0.1) is 0 Å². The van der Waals surface area contributed by atoms with Gasteiger partial charge in [-0.1, -0.05) is 34.5 Å². The van der Waals surface area contributed by atoms with Crippen LogP contribution in [0.5, 0.6) is 5.75 Å². The summed E-state index contributed by atoms with van der Waals surface area (Å²) in [5, 5.41) is 15.7. The Balaban J connectivity index is 1.46. The predicted molar refractivity (Wildman–Crippen MR) is 125 cm³/mol. The molecule has 3 aromatic rings. The summed E-state index contributed by atoms with van der Waals surface area (Å²) in [4.78, 5) is 27.2. The van der Waals surface area contributed by atoms with Crippen molar-refractivity contribution in [3.63, 3.8) is 0 Å². The van der Waals surface area contributed by atoms with E-state index in [0.29, 0.717) is 38.7 Å². The van der Waals surface area contributed by atoms with Crippen LogP contribution in [0.25, 0.3) is 0 Å². The molecule has 1 fully saturated rings. The van der Waals surface area contributed by atoms with Crippen LogP contribution in [0.4, 0.5) is 16.2 Å². The average Bonchev–Trinajstić information content (AvgIpc) is 3.45. The second kappa shape index (κ2) is 9.72. The fourth-order valence-electron chi connectivity index (χ4n) is 3.41. The Morgan fingerprint density at radius 3 is 2.59 bits per heavy atom. The molecule has 0 aliphatic carbocycles. The van der Waals surface area contributed by atoms with E-state index < -0.39 is 0 Å². The number of carbonyl (C=O) groups is 2. The zero-order valence-electron chi connectivity index (χ0n) is 17.0. The minimum Gasteiger partial charge on any atom is -0.495 e. The second-order valence-electron chi connectivity index (χ2n) is 7.03. The number of ether oxygens (including phenoxy) is 1. The SMILES string of the molecule is COc1ccc(Cl)cc1NC(=O)N1CCC[C@@H]1c1nnc(C(=O)Nc2ccc(Cl)cc2)s1. The van der Waals surface area contributed by atoms with Gasteiger partial charge in [0.15, 0.2) is 0 Å². The highest BCUT2D eigenvalue weighted by molar-refractivity contribution is 7.13. The largest absolute Gasteiger partial charge is 0.495 e. The molecule has 32 heavy (non-hydrogen) atoms. The Hall–Kier alpha value is -2.88. The summed E-state index contributed by atoms with van der Waals surface area (Å²) in [6.07, 6.45) is 1.55. The first-order valence-corrected chi connectivity index (χ1v) is 11.3. The first kappa shape index (κ1) is 22.3. The van der Waals surface area contributed by atoms with Crippen molar-refractivity contribution >= 4 is 57.9 Å². The fraction of sp³-hybridized carbons (Fsp3) is 0.238. The highest BCUT2D eigenvalue weighted by atomic mass is 35.5. The van der Waals surface area contributed by atoms with Gasteiger partial charge in [0.1, 0.15) is 10.8 Å². The van der Waals surface area contributed by atoms with Gasteiger partial charge in [-0.3, -0.25) is 4.79 Å². The Bertz CT molecular complexity index is 1140. The zero-order chi connectivity index (χ0) is 22.7. The second-order valence-corrected chi connectivity index (χ2v) is 8.91. The van der Waals surface area contributed by atoms with Gasteiger partial charge in [0.05, 0.1) is 18.8 Å². The molecule has 2 N–H and O–H groups in total. The number of aromatic nitrogens is 2. The molecule has 166 valence electrons. The molecule has 11 heteroatoms. The molecule has 2 aromatic carbocycles. The highest BCUT2D eigenvalue weighted by Crippen LogP contribution is 2.35. The van der Waals surface area contributed by atoms with Gasteiger partial charge in [-0.25, -0.2) is 4.79 Å². The number of hydrogen-bond donors (Lipinski definition) is 2. The van der Waals surface area contributed by atoms with E-state index in [1.807, 2.05) is 0 Å². The van der Waals surface area contributed by atoms with Gasteiger partial charge in [-0.2, -0.15) is 0 Å². The van der Waals surface area contributed by atoms with E-state index in [4.69, 9.17) is 27.9 Å². The number of hydrogen-bond acceptors (Lipinski definition) is 6. The quantitative estimate of drug-likeness (QED) is 0.492. The number of urea groups is 1. The molecule has 1 aliphatic rings. The third-order valence-electron chi connectivity index (χ3n) is 4.94. The third-order valence-corrected chi connectivity index (χ3v) is 6.45. The maximum atomic E-state index is 13.0. The number of methoxy groups -OCH3 is 1. The lowest BCUT2D eigenvalue weighted by atomic mass is 10.2.